The van der Waals surface area contributed by atoms with Gasteiger partial charge in [0.05, 0.1) is 0 Å². The van der Waals surface area contributed by atoms with Gasteiger partial charge in [-0.25, -0.2) is 0 Å². The van der Waals surface area contributed by atoms with E-state index in [1.165, 1.54) is 11.1 Å². The minimum atomic E-state index is 0.201. The summed E-state index contributed by atoms with van der Waals surface area (Å²) in [6.07, 6.45) is 0.912. The molecule has 2 rings (SSSR count). The first-order valence-corrected chi connectivity index (χ1v) is 7.59. The number of likely N-dealkylation sites (N-methyl/N-ethyl adjacent to an activating group) is 1. The van der Waals surface area contributed by atoms with E-state index >= 15 is 0 Å². The minimum absolute atomic E-state index is 0.201. The quantitative estimate of drug-likeness (QED) is 0.801. The van der Waals surface area contributed by atoms with E-state index < -0.39 is 0 Å². The molecule has 0 saturated heterocycles. The SMILES string of the molecule is CCNC(Cc1ccc(C)cc1)c1ccc(Cl)cc1Cl. The van der Waals surface area contributed by atoms with Crippen molar-refractivity contribution in [3.8, 4) is 0 Å². The highest BCUT2D eigenvalue weighted by molar-refractivity contribution is 6.35. The molecule has 1 nitrogen and oxygen atoms in total. The monoisotopic (exact) mass is 307 g/mol. The van der Waals surface area contributed by atoms with Crippen LogP contribution in [0.2, 0.25) is 10.0 Å². The first-order chi connectivity index (χ1) is 9.60. The molecule has 1 N–H and O–H groups in total. The van der Waals surface area contributed by atoms with E-state index in [2.05, 4.69) is 43.4 Å². The molecule has 0 spiro atoms. The molecule has 0 heterocycles. The Hall–Kier alpha value is -1.02. The maximum Gasteiger partial charge on any atom is 0.0468 e. The highest BCUT2D eigenvalue weighted by atomic mass is 35.5. The van der Waals surface area contributed by atoms with Crippen molar-refractivity contribution < 1.29 is 0 Å². The van der Waals surface area contributed by atoms with E-state index in [4.69, 9.17) is 23.2 Å². The van der Waals surface area contributed by atoms with Crippen LogP contribution in [-0.4, -0.2) is 6.54 Å². The Bertz CT molecular complexity index is 564. The average molecular weight is 308 g/mol. The standard InChI is InChI=1S/C17H19Cl2N/c1-3-20-17(10-13-6-4-12(2)5-7-13)15-9-8-14(18)11-16(15)19/h4-9,11,17,20H,3,10H2,1-2H3. The fourth-order valence-electron chi connectivity index (χ4n) is 2.28. The van der Waals surface area contributed by atoms with Gasteiger partial charge in [0.25, 0.3) is 0 Å². The van der Waals surface area contributed by atoms with Gasteiger partial charge < -0.3 is 5.32 Å². The number of hydrogen-bond donors (Lipinski definition) is 1. The molecule has 0 fully saturated rings. The summed E-state index contributed by atoms with van der Waals surface area (Å²) in [6, 6.07) is 14.5. The van der Waals surface area contributed by atoms with E-state index in [9.17, 15) is 0 Å². The summed E-state index contributed by atoms with van der Waals surface area (Å²) in [5.74, 6) is 0. The fourth-order valence-corrected chi connectivity index (χ4v) is 2.82. The molecule has 0 radical (unpaired) electrons. The van der Waals surface area contributed by atoms with Crippen LogP contribution < -0.4 is 5.32 Å². The van der Waals surface area contributed by atoms with Crippen LogP contribution in [0.5, 0.6) is 0 Å². The van der Waals surface area contributed by atoms with Crippen LogP contribution in [0.25, 0.3) is 0 Å². The molecule has 3 heteroatoms. The summed E-state index contributed by atoms with van der Waals surface area (Å²) in [5, 5.41) is 4.88. The second-order valence-electron chi connectivity index (χ2n) is 4.97. The Balaban J connectivity index is 2.24. The van der Waals surface area contributed by atoms with Crippen LogP contribution in [0, 0.1) is 6.92 Å². The van der Waals surface area contributed by atoms with Crippen LogP contribution in [0.4, 0.5) is 0 Å². The molecule has 0 aliphatic carbocycles. The number of hydrogen-bond acceptors (Lipinski definition) is 1. The van der Waals surface area contributed by atoms with Crippen LogP contribution in [0.3, 0.4) is 0 Å². The normalized spacial score (nSPS) is 12.4. The van der Waals surface area contributed by atoms with Gasteiger partial charge in [0.2, 0.25) is 0 Å². The smallest absolute Gasteiger partial charge is 0.0468 e. The summed E-state index contributed by atoms with van der Waals surface area (Å²) in [4.78, 5) is 0. The van der Waals surface area contributed by atoms with E-state index in [1.807, 2.05) is 12.1 Å². The molecule has 0 amide bonds. The topological polar surface area (TPSA) is 12.0 Å². The van der Waals surface area contributed by atoms with Crippen LogP contribution in [-0.2, 0) is 6.42 Å². The van der Waals surface area contributed by atoms with Crippen molar-refractivity contribution in [2.45, 2.75) is 26.3 Å². The summed E-state index contributed by atoms with van der Waals surface area (Å²) in [5.41, 5.74) is 3.67. The predicted octanol–water partition coefficient (Wildman–Crippen LogP) is 5.20. The predicted molar refractivity (Wildman–Crippen MR) is 87.8 cm³/mol. The first-order valence-electron chi connectivity index (χ1n) is 6.84. The Morgan fingerprint density at radius 2 is 1.75 bits per heavy atom. The lowest BCUT2D eigenvalue weighted by Crippen LogP contribution is -2.23. The van der Waals surface area contributed by atoms with Crippen molar-refractivity contribution in [2.24, 2.45) is 0 Å². The largest absolute Gasteiger partial charge is 0.310 e. The summed E-state index contributed by atoms with van der Waals surface area (Å²) in [7, 11) is 0. The number of nitrogens with one attached hydrogen (secondary N) is 1. The molecule has 0 aromatic heterocycles. The molecule has 0 aliphatic rings. The Labute approximate surface area is 130 Å². The third-order valence-electron chi connectivity index (χ3n) is 3.35. The molecule has 106 valence electrons. The van der Waals surface area contributed by atoms with E-state index in [0.29, 0.717) is 5.02 Å². The number of aryl methyl sites for hydroxylation is 1. The zero-order valence-corrected chi connectivity index (χ0v) is 13.3. The van der Waals surface area contributed by atoms with Crippen LogP contribution in [0.1, 0.15) is 29.7 Å². The maximum atomic E-state index is 6.33. The van der Waals surface area contributed by atoms with E-state index in [1.54, 1.807) is 6.07 Å². The molecule has 1 atom stereocenters. The van der Waals surface area contributed by atoms with Gasteiger partial charge in [-0.2, -0.15) is 0 Å². The zero-order valence-electron chi connectivity index (χ0n) is 11.8. The lowest BCUT2D eigenvalue weighted by Gasteiger charge is -2.20. The van der Waals surface area contributed by atoms with Gasteiger partial charge in [-0.3, -0.25) is 0 Å². The average Bonchev–Trinajstić information content (AvgIpc) is 2.41. The molecular weight excluding hydrogens is 289 g/mol. The summed E-state index contributed by atoms with van der Waals surface area (Å²) < 4.78 is 0. The minimum Gasteiger partial charge on any atom is -0.310 e. The molecule has 0 saturated carbocycles. The Morgan fingerprint density at radius 3 is 2.35 bits per heavy atom. The molecule has 2 aromatic carbocycles. The van der Waals surface area contributed by atoms with Gasteiger partial charge in [0.15, 0.2) is 0 Å². The van der Waals surface area contributed by atoms with Crippen LogP contribution >= 0.6 is 23.2 Å². The third kappa shape index (κ3) is 3.99. The maximum absolute atomic E-state index is 6.33. The van der Waals surface area contributed by atoms with Gasteiger partial charge in [0.1, 0.15) is 0 Å². The van der Waals surface area contributed by atoms with Gasteiger partial charge in [0, 0.05) is 16.1 Å². The second-order valence-corrected chi connectivity index (χ2v) is 5.81. The second kappa shape index (κ2) is 7.12. The number of rotatable bonds is 5. The Kier molecular flexibility index (Phi) is 5.47. The fraction of sp³-hybridized carbons (Fsp3) is 0.294. The molecule has 0 aliphatic heterocycles. The van der Waals surface area contributed by atoms with Crippen molar-refractivity contribution in [3.63, 3.8) is 0 Å². The number of benzene rings is 2. The van der Waals surface area contributed by atoms with Crippen molar-refractivity contribution >= 4 is 23.2 Å². The van der Waals surface area contributed by atoms with Crippen molar-refractivity contribution in [1.82, 2.24) is 5.32 Å². The van der Waals surface area contributed by atoms with Gasteiger partial charge >= 0.3 is 0 Å². The van der Waals surface area contributed by atoms with Gasteiger partial charge in [-0.05, 0) is 43.1 Å². The van der Waals surface area contributed by atoms with Crippen molar-refractivity contribution in [1.29, 1.82) is 0 Å². The zero-order chi connectivity index (χ0) is 14.5. The molecular formula is C17H19Cl2N. The molecule has 2 aromatic rings. The summed E-state index contributed by atoms with van der Waals surface area (Å²) in [6.45, 7) is 5.10. The highest BCUT2D eigenvalue weighted by Gasteiger charge is 2.14. The first kappa shape index (κ1) is 15.4. The summed E-state index contributed by atoms with van der Waals surface area (Å²) >= 11 is 12.3. The lowest BCUT2D eigenvalue weighted by atomic mass is 9.98. The van der Waals surface area contributed by atoms with Gasteiger partial charge in [-0.15, -0.1) is 0 Å². The molecule has 0 bridgehead atoms. The van der Waals surface area contributed by atoms with E-state index in [-0.39, 0.29) is 6.04 Å². The van der Waals surface area contributed by atoms with Crippen LogP contribution in [0.15, 0.2) is 42.5 Å². The number of halogens is 2. The lowest BCUT2D eigenvalue weighted by molar-refractivity contribution is 0.550. The highest BCUT2D eigenvalue weighted by Crippen LogP contribution is 2.28. The van der Waals surface area contributed by atoms with Crippen molar-refractivity contribution in [2.75, 3.05) is 6.54 Å². The molecule has 1 unspecified atom stereocenters. The van der Waals surface area contributed by atoms with E-state index in [0.717, 1.165) is 23.6 Å². The Morgan fingerprint density at radius 1 is 1.05 bits per heavy atom. The van der Waals surface area contributed by atoms with Crippen molar-refractivity contribution in [3.05, 3.63) is 69.2 Å². The third-order valence-corrected chi connectivity index (χ3v) is 3.91. The molecule has 20 heavy (non-hydrogen) atoms. The van der Waals surface area contributed by atoms with Gasteiger partial charge in [-0.1, -0.05) is 66.0 Å².